The predicted octanol–water partition coefficient (Wildman–Crippen LogP) is 2.80. The Balaban J connectivity index is 1.88. The van der Waals surface area contributed by atoms with E-state index in [1.54, 1.807) is 30.8 Å². The molecule has 2 aromatic carbocycles. The van der Waals surface area contributed by atoms with Crippen molar-refractivity contribution in [3.05, 3.63) is 82.0 Å². The first-order chi connectivity index (χ1) is 12.0. The van der Waals surface area contributed by atoms with Crippen LogP contribution >= 0.6 is 0 Å². The second-order valence-corrected chi connectivity index (χ2v) is 5.79. The highest BCUT2D eigenvalue weighted by molar-refractivity contribution is 5.92. The van der Waals surface area contributed by atoms with Crippen molar-refractivity contribution in [2.24, 2.45) is 7.05 Å². The lowest BCUT2D eigenvalue weighted by Crippen LogP contribution is -2.23. The number of aromatic nitrogens is 2. The van der Waals surface area contributed by atoms with Gasteiger partial charge in [-0.2, -0.15) is 0 Å². The normalized spacial score (nSPS) is 10.7. The summed E-state index contributed by atoms with van der Waals surface area (Å²) in [6.45, 7) is 1.76. The Bertz CT molecular complexity index is 974. The van der Waals surface area contributed by atoms with Crippen molar-refractivity contribution in [3.8, 4) is 5.69 Å². The van der Waals surface area contributed by atoms with Crippen LogP contribution in [0.4, 0.5) is 10.1 Å². The summed E-state index contributed by atoms with van der Waals surface area (Å²) in [7, 11) is 1.76. The summed E-state index contributed by atoms with van der Waals surface area (Å²) in [4.78, 5) is 25.0. The maximum absolute atomic E-state index is 13.2. The molecule has 0 saturated carbocycles. The fourth-order valence-electron chi connectivity index (χ4n) is 2.73. The van der Waals surface area contributed by atoms with E-state index in [-0.39, 0.29) is 23.6 Å². The lowest BCUT2D eigenvalue weighted by atomic mass is 10.1. The number of carbonyl (C=O) groups is 1. The van der Waals surface area contributed by atoms with Crippen LogP contribution in [0.2, 0.25) is 0 Å². The Labute approximate surface area is 144 Å². The lowest BCUT2D eigenvalue weighted by Gasteiger charge is -2.07. The van der Waals surface area contributed by atoms with Gasteiger partial charge in [0.1, 0.15) is 11.5 Å². The van der Waals surface area contributed by atoms with Gasteiger partial charge in [-0.15, -0.1) is 0 Å². The van der Waals surface area contributed by atoms with E-state index in [0.717, 1.165) is 0 Å². The number of nitrogens with zero attached hydrogens (tertiary/aromatic N) is 2. The van der Waals surface area contributed by atoms with Gasteiger partial charge in [0.15, 0.2) is 0 Å². The summed E-state index contributed by atoms with van der Waals surface area (Å²) in [5, 5.41) is 2.66. The molecule has 3 aromatic rings. The Hall–Kier alpha value is -3.15. The molecule has 0 aliphatic rings. The highest BCUT2D eigenvalue weighted by Crippen LogP contribution is 2.14. The van der Waals surface area contributed by atoms with E-state index in [1.165, 1.54) is 16.8 Å². The topological polar surface area (TPSA) is 56.0 Å². The number of halogens is 1. The van der Waals surface area contributed by atoms with Crippen molar-refractivity contribution in [3.63, 3.8) is 0 Å². The fourth-order valence-corrected chi connectivity index (χ4v) is 2.73. The quantitative estimate of drug-likeness (QED) is 0.795. The molecule has 25 heavy (non-hydrogen) atoms. The molecule has 0 spiro atoms. The van der Waals surface area contributed by atoms with E-state index >= 15 is 0 Å². The van der Waals surface area contributed by atoms with Gasteiger partial charge in [-0.1, -0.05) is 30.3 Å². The number of anilines is 1. The molecule has 0 fully saturated rings. The zero-order valence-corrected chi connectivity index (χ0v) is 14.0. The van der Waals surface area contributed by atoms with Gasteiger partial charge in [0.05, 0.1) is 17.8 Å². The minimum atomic E-state index is -0.396. The number of nitrogens with one attached hydrogen (secondary N) is 1. The van der Waals surface area contributed by atoms with Gasteiger partial charge in [-0.3, -0.25) is 14.3 Å². The summed E-state index contributed by atoms with van der Waals surface area (Å²) in [6.07, 6.45) is -0.00310. The van der Waals surface area contributed by atoms with Crippen LogP contribution < -0.4 is 10.9 Å². The number of hydrogen-bond donors (Lipinski definition) is 1. The number of carbonyl (C=O) groups excluding carboxylic acids is 1. The molecule has 0 bridgehead atoms. The third kappa shape index (κ3) is 3.38. The van der Waals surface area contributed by atoms with Gasteiger partial charge in [0.25, 0.3) is 5.56 Å². The van der Waals surface area contributed by atoms with Gasteiger partial charge in [-0.05, 0) is 36.8 Å². The van der Waals surface area contributed by atoms with Crippen LogP contribution in [0.3, 0.4) is 0 Å². The van der Waals surface area contributed by atoms with Gasteiger partial charge >= 0.3 is 0 Å². The van der Waals surface area contributed by atoms with Crippen LogP contribution in [0.15, 0.2) is 59.4 Å². The zero-order valence-electron chi connectivity index (χ0n) is 14.0. The Morgan fingerprint density at radius 3 is 2.52 bits per heavy atom. The third-order valence-electron chi connectivity index (χ3n) is 4.07. The zero-order chi connectivity index (χ0) is 18.0. The smallest absolute Gasteiger partial charge is 0.295 e. The summed E-state index contributed by atoms with van der Waals surface area (Å²) in [5.74, 6) is -0.760. The number of benzene rings is 2. The first kappa shape index (κ1) is 16.7. The van der Waals surface area contributed by atoms with Crippen LogP contribution in [0.5, 0.6) is 0 Å². The van der Waals surface area contributed by atoms with Crippen LogP contribution in [0.1, 0.15) is 11.3 Å². The molecule has 0 radical (unpaired) electrons. The Morgan fingerprint density at radius 1 is 1.12 bits per heavy atom. The van der Waals surface area contributed by atoms with E-state index < -0.39 is 5.82 Å². The van der Waals surface area contributed by atoms with E-state index in [9.17, 15) is 14.0 Å². The van der Waals surface area contributed by atoms with Crippen molar-refractivity contribution >= 4 is 11.6 Å². The fraction of sp³-hybridized carbons (Fsp3) is 0.158. The number of rotatable bonds is 4. The molecule has 0 aliphatic heterocycles. The van der Waals surface area contributed by atoms with Crippen molar-refractivity contribution in [2.45, 2.75) is 13.3 Å². The second-order valence-electron chi connectivity index (χ2n) is 5.79. The lowest BCUT2D eigenvalue weighted by molar-refractivity contribution is -0.115. The van der Waals surface area contributed by atoms with Crippen molar-refractivity contribution in [1.29, 1.82) is 0 Å². The van der Waals surface area contributed by atoms with Crippen LogP contribution in [-0.2, 0) is 18.3 Å². The predicted molar refractivity (Wildman–Crippen MR) is 94.5 cm³/mol. The van der Waals surface area contributed by atoms with Gasteiger partial charge in [-0.25, -0.2) is 9.07 Å². The van der Waals surface area contributed by atoms with Crippen LogP contribution in [0, 0.1) is 12.7 Å². The van der Waals surface area contributed by atoms with E-state index in [0.29, 0.717) is 16.9 Å². The largest absolute Gasteiger partial charge is 0.320 e. The van der Waals surface area contributed by atoms with E-state index in [1.807, 2.05) is 30.3 Å². The Kier molecular flexibility index (Phi) is 4.52. The first-order valence-corrected chi connectivity index (χ1v) is 7.85. The van der Waals surface area contributed by atoms with Crippen molar-refractivity contribution in [2.75, 3.05) is 5.32 Å². The molecule has 6 heteroatoms. The molecule has 5 nitrogen and oxygen atoms in total. The molecule has 3 rings (SSSR count). The first-order valence-electron chi connectivity index (χ1n) is 7.85. The standard InChI is InChI=1S/C19H18FN3O2/c1-13-18(21-17(24)12-14-7-6-8-15(20)11-14)19(25)23(22(13)2)16-9-4-3-5-10-16/h3-11H,12H2,1-2H3,(H,21,24). The summed E-state index contributed by atoms with van der Waals surface area (Å²) < 4.78 is 16.4. The molecule has 1 heterocycles. The van der Waals surface area contributed by atoms with Gasteiger partial charge < -0.3 is 5.32 Å². The average Bonchev–Trinajstić information content (AvgIpc) is 2.79. The highest BCUT2D eigenvalue weighted by Gasteiger charge is 2.18. The molecule has 1 amide bonds. The Morgan fingerprint density at radius 2 is 1.84 bits per heavy atom. The molecular weight excluding hydrogens is 321 g/mol. The monoisotopic (exact) mass is 339 g/mol. The highest BCUT2D eigenvalue weighted by atomic mass is 19.1. The average molecular weight is 339 g/mol. The maximum atomic E-state index is 13.2. The van der Waals surface area contributed by atoms with Gasteiger partial charge in [0.2, 0.25) is 5.91 Å². The van der Waals surface area contributed by atoms with Gasteiger partial charge in [0, 0.05) is 7.05 Å². The molecule has 0 atom stereocenters. The molecule has 0 aliphatic carbocycles. The molecular formula is C19H18FN3O2. The molecule has 0 saturated heterocycles. The molecule has 1 aromatic heterocycles. The van der Waals surface area contributed by atoms with Crippen molar-refractivity contribution < 1.29 is 9.18 Å². The SMILES string of the molecule is Cc1c(NC(=O)Cc2cccc(F)c2)c(=O)n(-c2ccccc2)n1C. The number of hydrogen-bond acceptors (Lipinski definition) is 2. The van der Waals surface area contributed by atoms with Crippen molar-refractivity contribution in [1.82, 2.24) is 9.36 Å². The van der Waals surface area contributed by atoms with Crippen LogP contribution in [0.25, 0.3) is 5.69 Å². The summed E-state index contributed by atoms with van der Waals surface area (Å²) in [6, 6.07) is 15.0. The van der Waals surface area contributed by atoms with E-state index in [4.69, 9.17) is 0 Å². The summed E-state index contributed by atoms with van der Waals surface area (Å²) >= 11 is 0. The maximum Gasteiger partial charge on any atom is 0.295 e. The minimum absolute atomic E-state index is 0.00310. The van der Waals surface area contributed by atoms with Crippen LogP contribution in [-0.4, -0.2) is 15.3 Å². The third-order valence-corrected chi connectivity index (χ3v) is 4.07. The molecule has 128 valence electrons. The second kappa shape index (κ2) is 6.76. The summed E-state index contributed by atoms with van der Waals surface area (Å²) in [5.41, 5.74) is 1.83. The number of amides is 1. The molecule has 1 N–H and O–H groups in total. The molecule has 0 unspecified atom stereocenters. The number of para-hydroxylation sites is 1. The van der Waals surface area contributed by atoms with E-state index in [2.05, 4.69) is 5.32 Å². The minimum Gasteiger partial charge on any atom is -0.320 e.